The molecule has 2 rings (SSSR count). The number of likely N-dealkylation sites (N-methyl/N-ethyl adjacent to an activating group) is 1. The second kappa shape index (κ2) is 7.87. The fourth-order valence-electron chi connectivity index (χ4n) is 3.29. The third-order valence-corrected chi connectivity index (χ3v) is 4.40. The number of nitrogens with one attached hydrogen (secondary N) is 1. The van der Waals surface area contributed by atoms with E-state index in [1.807, 2.05) is 19.2 Å². The largest absolute Gasteiger partial charge is 0.313 e. The number of halogens is 1. The maximum atomic E-state index is 13.0. The van der Waals surface area contributed by atoms with Gasteiger partial charge in [0, 0.05) is 25.2 Å². The van der Waals surface area contributed by atoms with Crippen molar-refractivity contribution in [1.29, 1.82) is 0 Å². The van der Waals surface area contributed by atoms with Crippen molar-refractivity contribution in [2.75, 3.05) is 40.8 Å². The van der Waals surface area contributed by atoms with Gasteiger partial charge in [0.1, 0.15) is 5.82 Å². The molecule has 2 unspecified atom stereocenters. The molecular weight excluding hydrogens is 265 g/mol. The maximum absolute atomic E-state index is 13.0. The number of nitrogens with zero attached hydrogens (tertiary/aromatic N) is 2. The second-order valence-electron chi connectivity index (χ2n) is 6.28. The van der Waals surface area contributed by atoms with Crippen LogP contribution in [0.1, 0.15) is 30.9 Å². The predicted molar refractivity (Wildman–Crippen MR) is 86.0 cm³/mol. The van der Waals surface area contributed by atoms with E-state index in [9.17, 15) is 4.39 Å². The monoisotopic (exact) mass is 293 g/mol. The van der Waals surface area contributed by atoms with Crippen molar-refractivity contribution in [1.82, 2.24) is 15.1 Å². The van der Waals surface area contributed by atoms with Crippen LogP contribution in [0, 0.1) is 5.82 Å². The van der Waals surface area contributed by atoms with Crippen molar-refractivity contribution in [3.63, 3.8) is 0 Å². The van der Waals surface area contributed by atoms with Crippen molar-refractivity contribution >= 4 is 0 Å². The van der Waals surface area contributed by atoms with Gasteiger partial charge in [-0.2, -0.15) is 0 Å². The number of rotatable bonds is 7. The van der Waals surface area contributed by atoms with Crippen molar-refractivity contribution in [3.05, 3.63) is 35.6 Å². The van der Waals surface area contributed by atoms with E-state index in [1.165, 1.54) is 24.9 Å². The first-order chi connectivity index (χ1) is 10.1. The van der Waals surface area contributed by atoms with Crippen LogP contribution in [0.2, 0.25) is 0 Å². The number of hydrogen-bond acceptors (Lipinski definition) is 3. The van der Waals surface area contributed by atoms with Crippen LogP contribution < -0.4 is 5.32 Å². The summed E-state index contributed by atoms with van der Waals surface area (Å²) in [6, 6.07) is 7.85. The smallest absolute Gasteiger partial charge is 0.123 e. The van der Waals surface area contributed by atoms with Crippen LogP contribution >= 0.6 is 0 Å². The first kappa shape index (κ1) is 16.4. The number of likely N-dealkylation sites (tertiary alicyclic amines) is 1. The van der Waals surface area contributed by atoms with Gasteiger partial charge in [0.25, 0.3) is 0 Å². The average Bonchev–Trinajstić information content (AvgIpc) is 2.88. The summed E-state index contributed by atoms with van der Waals surface area (Å²) in [4.78, 5) is 4.88. The highest BCUT2D eigenvalue weighted by atomic mass is 19.1. The molecule has 1 N–H and O–H groups in total. The van der Waals surface area contributed by atoms with Gasteiger partial charge in [-0.25, -0.2) is 4.39 Å². The molecule has 0 saturated carbocycles. The second-order valence-corrected chi connectivity index (χ2v) is 6.28. The van der Waals surface area contributed by atoms with Gasteiger partial charge in [0.05, 0.1) is 0 Å². The van der Waals surface area contributed by atoms with Crippen molar-refractivity contribution < 1.29 is 4.39 Å². The first-order valence-corrected chi connectivity index (χ1v) is 7.91. The lowest BCUT2D eigenvalue weighted by atomic mass is 10.0. The Labute approximate surface area is 128 Å². The van der Waals surface area contributed by atoms with E-state index in [4.69, 9.17) is 0 Å². The van der Waals surface area contributed by atoms with E-state index >= 15 is 0 Å². The van der Waals surface area contributed by atoms with E-state index in [-0.39, 0.29) is 5.82 Å². The molecule has 0 aliphatic carbocycles. The quantitative estimate of drug-likeness (QED) is 0.833. The molecule has 1 fully saturated rings. The van der Waals surface area contributed by atoms with Crippen LogP contribution in [0.5, 0.6) is 0 Å². The van der Waals surface area contributed by atoms with Gasteiger partial charge in [-0.15, -0.1) is 0 Å². The Kier molecular flexibility index (Phi) is 6.15. The normalized spacial score (nSPS) is 21.1. The molecule has 0 amide bonds. The number of hydrogen-bond donors (Lipinski definition) is 1. The molecule has 1 aliphatic heterocycles. The fraction of sp³-hybridized carbons (Fsp3) is 0.647. The summed E-state index contributed by atoms with van der Waals surface area (Å²) in [6.45, 7) is 3.44. The number of benzene rings is 1. The van der Waals surface area contributed by atoms with E-state index in [1.54, 1.807) is 12.1 Å². The molecule has 0 aromatic heterocycles. The minimum absolute atomic E-state index is 0.167. The Morgan fingerprint density at radius 1 is 1.33 bits per heavy atom. The van der Waals surface area contributed by atoms with Crippen LogP contribution in [0.25, 0.3) is 0 Å². The zero-order chi connectivity index (χ0) is 15.2. The van der Waals surface area contributed by atoms with Gasteiger partial charge in [0.2, 0.25) is 0 Å². The van der Waals surface area contributed by atoms with Gasteiger partial charge < -0.3 is 10.2 Å². The van der Waals surface area contributed by atoms with E-state index in [2.05, 4.69) is 29.2 Å². The van der Waals surface area contributed by atoms with Crippen molar-refractivity contribution in [2.24, 2.45) is 0 Å². The van der Waals surface area contributed by atoms with Gasteiger partial charge in [-0.1, -0.05) is 12.1 Å². The highest BCUT2D eigenvalue weighted by molar-refractivity contribution is 5.19. The standard InChI is InChI=1S/C17H28FN3/c1-19-17(14-6-8-15(18)9-7-14)10-12-21-11-4-5-16(21)13-20(2)3/h6-9,16-17,19H,4-5,10-13H2,1-3H3. The van der Waals surface area contributed by atoms with Crippen LogP contribution in [-0.4, -0.2) is 56.6 Å². The Morgan fingerprint density at radius 3 is 2.67 bits per heavy atom. The van der Waals surface area contributed by atoms with Crippen LogP contribution in [0.4, 0.5) is 4.39 Å². The molecule has 1 heterocycles. The Morgan fingerprint density at radius 2 is 2.05 bits per heavy atom. The molecule has 4 heteroatoms. The third-order valence-electron chi connectivity index (χ3n) is 4.40. The summed E-state index contributed by atoms with van der Waals surface area (Å²) in [6.07, 6.45) is 3.67. The van der Waals surface area contributed by atoms with Crippen LogP contribution in [0.15, 0.2) is 24.3 Å². The highest BCUT2D eigenvalue weighted by Gasteiger charge is 2.25. The fourth-order valence-corrected chi connectivity index (χ4v) is 3.29. The Bertz CT molecular complexity index is 419. The SMILES string of the molecule is CNC(CCN1CCCC1CN(C)C)c1ccc(F)cc1. The van der Waals surface area contributed by atoms with Crippen molar-refractivity contribution in [3.8, 4) is 0 Å². The third kappa shape index (κ3) is 4.77. The summed E-state index contributed by atoms with van der Waals surface area (Å²) in [5.41, 5.74) is 1.17. The van der Waals surface area contributed by atoms with E-state index < -0.39 is 0 Å². The van der Waals surface area contributed by atoms with Crippen LogP contribution in [0.3, 0.4) is 0 Å². The van der Waals surface area contributed by atoms with Gasteiger partial charge >= 0.3 is 0 Å². The summed E-state index contributed by atoms with van der Waals surface area (Å²) >= 11 is 0. The lowest BCUT2D eigenvalue weighted by molar-refractivity contribution is 0.200. The Hall–Kier alpha value is -0.970. The molecule has 3 nitrogen and oxygen atoms in total. The minimum atomic E-state index is -0.167. The zero-order valence-corrected chi connectivity index (χ0v) is 13.5. The molecule has 1 aromatic rings. The molecule has 0 bridgehead atoms. The van der Waals surface area contributed by atoms with E-state index in [0.717, 1.165) is 19.5 Å². The molecule has 0 spiro atoms. The molecule has 1 aromatic carbocycles. The van der Waals surface area contributed by atoms with Crippen molar-refractivity contribution in [2.45, 2.75) is 31.3 Å². The molecule has 118 valence electrons. The summed E-state index contributed by atoms with van der Waals surface area (Å²) in [5, 5.41) is 3.36. The molecule has 21 heavy (non-hydrogen) atoms. The van der Waals surface area contributed by atoms with E-state index in [0.29, 0.717) is 12.1 Å². The first-order valence-electron chi connectivity index (χ1n) is 7.91. The molecule has 0 radical (unpaired) electrons. The summed E-state index contributed by atoms with van der Waals surface area (Å²) in [7, 11) is 6.27. The molecular formula is C17H28FN3. The summed E-state index contributed by atoms with van der Waals surface area (Å²) in [5.74, 6) is -0.167. The summed E-state index contributed by atoms with van der Waals surface area (Å²) < 4.78 is 13.0. The molecule has 1 saturated heterocycles. The highest BCUT2D eigenvalue weighted by Crippen LogP contribution is 2.22. The average molecular weight is 293 g/mol. The zero-order valence-electron chi connectivity index (χ0n) is 13.5. The van der Waals surface area contributed by atoms with Gasteiger partial charge in [-0.3, -0.25) is 4.90 Å². The van der Waals surface area contributed by atoms with Gasteiger partial charge in [-0.05, 0) is 64.6 Å². The van der Waals surface area contributed by atoms with Crippen LogP contribution in [-0.2, 0) is 0 Å². The topological polar surface area (TPSA) is 18.5 Å². The van der Waals surface area contributed by atoms with Gasteiger partial charge in [0.15, 0.2) is 0 Å². The minimum Gasteiger partial charge on any atom is -0.313 e. The molecule has 1 aliphatic rings. The maximum Gasteiger partial charge on any atom is 0.123 e. The predicted octanol–water partition coefficient (Wildman–Crippen LogP) is 2.50. The molecule has 2 atom stereocenters. The lowest BCUT2D eigenvalue weighted by Crippen LogP contribution is -2.39. The Balaban J connectivity index is 1.89. The lowest BCUT2D eigenvalue weighted by Gasteiger charge is -2.28.